The first-order chi connectivity index (χ1) is 12.7. The second-order valence-corrected chi connectivity index (χ2v) is 6.67. The molecule has 0 fully saturated rings. The Morgan fingerprint density at radius 3 is 2.41 bits per heavy atom. The summed E-state index contributed by atoms with van der Waals surface area (Å²) >= 11 is 0. The minimum atomic E-state index is -1.68. The van der Waals surface area contributed by atoms with Crippen LogP contribution in [0.5, 0.6) is 28.7 Å². The summed E-state index contributed by atoms with van der Waals surface area (Å²) in [6.07, 6.45) is -0.885. The minimum absolute atomic E-state index is 0.0437. The van der Waals surface area contributed by atoms with Gasteiger partial charge in [-0.2, -0.15) is 0 Å². The van der Waals surface area contributed by atoms with Crippen LogP contribution in [0.3, 0.4) is 0 Å². The third-order valence-corrected chi connectivity index (χ3v) is 4.42. The number of allylic oxidation sites excluding steroid dienone is 2. The van der Waals surface area contributed by atoms with Gasteiger partial charge < -0.3 is 30.3 Å². The zero-order valence-corrected chi connectivity index (χ0v) is 14.8. The van der Waals surface area contributed by atoms with Gasteiger partial charge in [-0.25, -0.2) is 0 Å². The number of aromatic hydroxyl groups is 4. The molecule has 1 heterocycles. The lowest BCUT2D eigenvalue weighted by Crippen LogP contribution is -2.36. The first kappa shape index (κ1) is 18.6. The highest BCUT2D eigenvalue weighted by Crippen LogP contribution is 2.46. The van der Waals surface area contributed by atoms with Gasteiger partial charge in [0.2, 0.25) is 5.78 Å². The second kappa shape index (κ2) is 6.85. The van der Waals surface area contributed by atoms with E-state index in [4.69, 9.17) is 4.74 Å². The van der Waals surface area contributed by atoms with E-state index < -0.39 is 23.7 Å². The van der Waals surface area contributed by atoms with Gasteiger partial charge in [-0.1, -0.05) is 11.6 Å². The molecule has 7 heteroatoms. The molecule has 3 rings (SSSR count). The van der Waals surface area contributed by atoms with Crippen LogP contribution in [0.2, 0.25) is 0 Å². The average Bonchev–Trinajstić information content (AvgIpc) is 2.57. The van der Waals surface area contributed by atoms with Crippen molar-refractivity contribution < 1.29 is 35.1 Å². The number of benzene rings is 2. The van der Waals surface area contributed by atoms with Crippen molar-refractivity contribution in [1.29, 1.82) is 0 Å². The summed E-state index contributed by atoms with van der Waals surface area (Å²) in [4.78, 5) is 12.7. The van der Waals surface area contributed by atoms with Crippen molar-refractivity contribution in [2.75, 3.05) is 0 Å². The number of ketones is 1. The first-order valence-corrected chi connectivity index (χ1v) is 8.32. The lowest BCUT2D eigenvalue weighted by molar-refractivity contribution is 0.0199. The van der Waals surface area contributed by atoms with Crippen LogP contribution in [0, 0.1) is 0 Å². The topological polar surface area (TPSA) is 127 Å². The Morgan fingerprint density at radius 2 is 1.78 bits per heavy atom. The molecule has 0 amide bonds. The van der Waals surface area contributed by atoms with Gasteiger partial charge in [0.1, 0.15) is 34.3 Å². The van der Waals surface area contributed by atoms with Crippen molar-refractivity contribution in [1.82, 2.24) is 0 Å². The number of hydrogen-bond acceptors (Lipinski definition) is 7. The van der Waals surface area contributed by atoms with Gasteiger partial charge in [0.05, 0.1) is 0 Å². The second-order valence-electron chi connectivity index (χ2n) is 6.67. The number of aliphatic hydroxyl groups is 1. The Hall–Kier alpha value is -3.19. The Labute approximate surface area is 155 Å². The maximum absolute atomic E-state index is 12.7. The number of phenols is 4. The third-order valence-electron chi connectivity index (χ3n) is 4.42. The maximum Gasteiger partial charge on any atom is 0.202 e. The monoisotopic (exact) mass is 372 g/mol. The number of aliphatic hydroxyl groups excluding tert-OH is 1. The van der Waals surface area contributed by atoms with Gasteiger partial charge >= 0.3 is 0 Å². The van der Waals surface area contributed by atoms with Crippen molar-refractivity contribution in [2.24, 2.45) is 0 Å². The third kappa shape index (κ3) is 3.29. The number of phenolic OH excluding ortho intramolecular Hbond substituents is 4. The molecule has 1 aliphatic heterocycles. The molecular weight excluding hydrogens is 352 g/mol. The predicted octanol–water partition coefficient (Wildman–Crippen LogP) is 2.70. The zero-order chi connectivity index (χ0) is 19.9. The summed E-state index contributed by atoms with van der Waals surface area (Å²) < 4.78 is 5.78. The van der Waals surface area contributed by atoms with E-state index in [0.717, 1.165) is 17.7 Å². The highest BCUT2D eigenvalue weighted by atomic mass is 16.5. The largest absolute Gasteiger partial charge is 0.508 e. The highest BCUT2D eigenvalue weighted by Gasteiger charge is 2.41. The number of rotatable bonds is 3. The molecule has 0 bridgehead atoms. The number of ether oxygens (including phenoxy) is 1. The molecular formula is C20H20O7. The van der Waals surface area contributed by atoms with Crippen LogP contribution >= 0.6 is 0 Å². The summed E-state index contributed by atoms with van der Waals surface area (Å²) in [7, 11) is 0. The number of carbonyl (C=O) groups is 1. The molecule has 0 unspecified atom stereocenters. The Kier molecular flexibility index (Phi) is 4.72. The van der Waals surface area contributed by atoms with Crippen molar-refractivity contribution in [3.63, 3.8) is 0 Å². The smallest absolute Gasteiger partial charge is 0.202 e. The van der Waals surface area contributed by atoms with Crippen LogP contribution < -0.4 is 4.74 Å². The minimum Gasteiger partial charge on any atom is -0.508 e. The number of fused-ring (bicyclic) bond motifs is 1. The maximum atomic E-state index is 12.7. The van der Waals surface area contributed by atoms with Crippen LogP contribution in [0.1, 0.15) is 41.4 Å². The summed E-state index contributed by atoms with van der Waals surface area (Å²) in [5.74, 6) is -2.12. The fourth-order valence-electron chi connectivity index (χ4n) is 3.03. The van der Waals surface area contributed by atoms with Crippen molar-refractivity contribution in [2.45, 2.75) is 32.5 Å². The van der Waals surface area contributed by atoms with E-state index in [-0.39, 0.29) is 46.1 Å². The van der Waals surface area contributed by atoms with Gasteiger partial charge in [0, 0.05) is 23.3 Å². The molecule has 2 atom stereocenters. The van der Waals surface area contributed by atoms with Crippen LogP contribution in [-0.4, -0.2) is 37.4 Å². The molecule has 2 aromatic rings. The van der Waals surface area contributed by atoms with Gasteiger partial charge in [-0.05, 0) is 32.4 Å². The fraction of sp³-hybridized carbons (Fsp3) is 0.250. The van der Waals surface area contributed by atoms with E-state index >= 15 is 0 Å². The van der Waals surface area contributed by atoms with Crippen molar-refractivity contribution >= 4 is 5.78 Å². The van der Waals surface area contributed by atoms with E-state index in [1.165, 1.54) is 12.1 Å². The van der Waals surface area contributed by atoms with Crippen LogP contribution in [0.4, 0.5) is 0 Å². The Morgan fingerprint density at radius 1 is 1.07 bits per heavy atom. The average molecular weight is 372 g/mol. The van der Waals surface area contributed by atoms with Crippen molar-refractivity contribution in [3.8, 4) is 28.7 Å². The molecule has 0 aliphatic carbocycles. The quantitative estimate of drug-likeness (QED) is 0.524. The summed E-state index contributed by atoms with van der Waals surface area (Å²) in [6, 6.07) is 4.72. The molecule has 7 nitrogen and oxygen atoms in total. The molecule has 0 saturated heterocycles. The Balaban J connectivity index is 2.16. The number of Topliss-reactive ketones (excluding diaryl/α,β-unsaturated/α-hetero) is 1. The molecule has 0 saturated carbocycles. The summed E-state index contributed by atoms with van der Waals surface area (Å²) in [5, 5.41) is 50.3. The lowest BCUT2D eigenvalue weighted by Gasteiger charge is -2.32. The fourth-order valence-corrected chi connectivity index (χ4v) is 3.03. The van der Waals surface area contributed by atoms with Crippen molar-refractivity contribution in [3.05, 3.63) is 52.6 Å². The van der Waals surface area contributed by atoms with Crippen LogP contribution in [-0.2, 0) is 6.42 Å². The lowest BCUT2D eigenvalue weighted by atomic mass is 9.90. The van der Waals surface area contributed by atoms with Gasteiger partial charge in [-0.3, -0.25) is 4.79 Å². The highest BCUT2D eigenvalue weighted by molar-refractivity contribution is 6.06. The SMILES string of the molecule is CC(C)=CCc1c(O)cc(O)c2c1O[C@@H](c1ccc(O)cc1O)[C@@H](O)C2=O. The first-order valence-electron chi connectivity index (χ1n) is 8.32. The van der Waals surface area contributed by atoms with Gasteiger partial charge in [0.15, 0.2) is 12.2 Å². The van der Waals surface area contributed by atoms with E-state index in [1.54, 1.807) is 0 Å². The van der Waals surface area contributed by atoms with Gasteiger partial charge in [0.25, 0.3) is 0 Å². The van der Waals surface area contributed by atoms with E-state index in [2.05, 4.69) is 0 Å². The molecule has 5 N–H and O–H groups in total. The van der Waals surface area contributed by atoms with E-state index in [0.29, 0.717) is 0 Å². The van der Waals surface area contributed by atoms with Crippen LogP contribution in [0.25, 0.3) is 0 Å². The van der Waals surface area contributed by atoms with Crippen LogP contribution in [0.15, 0.2) is 35.9 Å². The standard InChI is InChI=1S/C20H20O7/c1-9(2)3-5-11-14(23)8-15(24)16-17(25)18(26)20(27-19(11)16)12-6-4-10(21)7-13(12)22/h3-4,6-8,18,20-24,26H,5H2,1-2H3/t18-,20-/m0/s1. The molecule has 2 aromatic carbocycles. The van der Waals surface area contributed by atoms with E-state index in [9.17, 15) is 30.3 Å². The molecule has 142 valence electrons. The number of carbonyl (C=O) groups excluding carboxylic acids is 1. The molecule has 1 aliphatic rings. The molecule has 0 aromatic heterocycles. The molecule has 0 spiro atoms. The summed E-state index contributed by atoms with van der Waals surface area (Å²) in [6.45, 7) is 3.74. The van der Waals surface area contributed by atoms with E-state index in [1.807, 2.05) is 19.9 Å². The Bertz CT molecular complexity index is 942. The predicted molar refractivity (Wildman–Crippen MR) is 96.4 cm³/mol. The molecule has 0 radical (unpaired) electrons. The summed E-state index contributed by atoms with van der Waals surface area (Å²) in [5.41, 5.74) is 1.14. The number of hydrogen-bond donors (Lipinski definition) is 5. The normalized spacial score (nSPS) is 18.6. The zero-order valence-electron chi connectivity index (χ0n) is 14.8. The molecule has 27 heavy (non-hydrogen) atoms. The van der Waals surface area contributed by atoms with Gasteiger partial charge in [-0.15, -0.1) is 0 Å².